The maximum atomic E-state index is 2.55. The summed E-state index contributed by atoms with van der Waals surface area (Å²) in [7, 11) is 6.81. The van der Waals surface area contributed by atoms with E-state index in [1.165, 1.54) is 69.7 Å². The second-order valence-electron chi connectivity index (χ2n) is 16.3. The monoisotopic (exact) mass is 577 g/mol. The Hall–Kier alpha value is -2.94. The highest BCUT2D eigenvalue weighted by atomic mass is 15.2. The maximum Gasteiger partial charge on any atom is 0.0403 e. The summed E-state index contributed by atoms with van der Waals surface area (Å²) in [6.45, 7) is 21.5. The molecule has 0 N–H and O–H groups in total. The molecule has 6 rings (SSSR count). The highest BCUT2D eigenvalue weighted by Gasteiger charge is 2.38. The molecule has 0 aromatic heterocycles. The summed E-state index contributed by atoms with van der Waals surface area (Å²) in [6.07, 6.45) is 3.50. The van der Waals surface area contributed by atoms with Gasteiger partial charge in [0.05, 0.1) is 0 Å². The van der Waals surface area contributed by atoms with Crippen molar-refractivity contribution in [2.45, 2.75) is 122 Å². The van der Waals surface area contributed by atoms with E-state index in [1.54, 1.807) is 0 Å². The Bertz CT molecular complexity index is 1360. The molecule has 3 atom stereocenters. The quantitative estimate of drug-likeness (QED) is 0.287. The maximum absolute atomic E-state index is 2.55. The first kappa shape index (κ1) is 30.1. The Labute approximate surface area is 262 Å². The summed E-state index contributed by atoms with van der Waals surface area (Å²) in [5.74, 6) is 1.77. The second-order valence-corrected chi connectivity index (χ2v) is 16.3. The highest BCUT2D eigenvalue weighted by molar-refractivity contribution is 5.66. The van der Waals surface area contributed by atoms with Crippen LogP contribution < -0.4 is 14.7 Å². The largest absolute Gasteiger partial charge is 0.369 e. The van der Waals surface area contributed by atoms with E-state index in [1.807, 2.05) is 0 Å². The molecule has 0 saturated heterocycles. The van der Waals surface area contributed by atoms with E-state index in [9.17, 15) is 0 Å². The predicted molar refractivity (Wildman–Crippen MR) is 187 cm³/mol. The molecule has 3 heterocycles. The summed E-state index contributed by atoms with van der Waals surface area (Å²) < 4.78 is 0. The second kappa shape index (κ2) is 10.0. The van der Waals surface area contributed by atoms with Crippen molar-refractivity contribution in [2.24, 2.45) is 0 Å². The van der Waals surface area contributed by atoms with Gasteiger partial charge in [0.25, 0.3) is 0 Å². The highest BCUT2D eigenvalue weighted by Crippen LogP contribution is 2.49. The van der Waals surface area contributed by atoms with Crippen molar-refractivity contribution in [3.8, 4) is 0 Å². The molecule has 0 fully saturated rings. The average molecular weight is 578 g/mol. The molecule has 3 heteroatoms. The fourth-order valence-electron chi connectivity index (χ4n) is 8.90. The van der Waals surface area contributed by atoms with Crippen LogP contribution in [0.15, 0.2) is 54.6 Å². The van der Waals surface area contributed by atoms with Gasteiger partial charge in [0.2, 0.25) is 0 Å². The van der Waals surface area contributed by atoms with Gasteiger partial charge in [-0.2, -0.15) is 0 Å². The third kappa shape index (κ3) is 4.86. The number of benzene rings is 3. The molecule has 0 spiro atoms. The first-order valence-corrected chi connectivity index (χ1v) is 16.6. The smallest absolute Gasteiger partial charge is 0.0403 e. The standard InChI is InChI=1S/C40H55N3/c1-25-22-38(4,5)41(10)34-16-13-28(19-31(25)34)37(29-14-17-35-32(20-29)26(2)23-39(6,7)42(35)11)30-15-18-36-33(21-30)27(3)24-40(8,9)43(36)12/h13-21,25-27,37H,22-24H2,1-12H3/t25-,26-,27-/m0/s1. The average Bonchev–Trinajstić information content (AvgIpc) is 2.93. The third-order valence-electron chi connectivity index (χ3n) is 12.0. The van der Waals surface area contributed by atoms with Crippen molar-refractivity contribution >= 4 is 17.1 Å². The van der Waals surface area contributed by atoms with Gasteiger partial charge in [-0.1, -0.05) is 57.2 Å². The molecule has 3 aliphatic rings. The molecule has 43 heavy (non-hydrogen) atoms. The van der Waals surface area contributed by atoms with E-state index in [0.29, 0.717) is 17.8 Å². The van der Waals surface area contributed by atoms with Gasteiger partial charge in [0.15, 0.2) is 0 Å². The number of rotatable bonds is 3. The normalized spacial score (nSPS) is 25.3. The van der Waals surface area contributed by atoms with E-state index in [2.05, 4.69) is 153 Å². The van der Waals surface area contributed by atoms with E-state index >= 15 is 0 Å². The fraction of sp³-hybridized carbons (Fsp3) is 0.550. The van der Waals surface area contributed by atoms with Crippen LogP contribution in [0.4, 0.5) is 17.1 Å². The zero-order valence-corrected chi connectivity index (χ0v) is 29.0. The van der Waals surface area contributed by atoms with Crippen molar-refractivity contribution in [2.75, 3.05) is 35.8 Å². The molecule has 3 aromatic rings. The Morgan fingerprint density at radius 1 is 0.488 bits per heavy atom. The Morgan fingerprint density at radius 2 is 0.744 bits per heavy atom. The van der Waals surface area contributed by atoms with Gasteiger partial charge in [0, 0.05) is 60.7 Å². The molecule has 0 radical (unpaired) electrons. The van der Waals surface area contributed by atoms with E-state index in [-0.39, 0.29) is 22.5 Å². The summed E-state index contributed by atoms with van der Waals surface area (Å²) in [6, 6.07) is 22.1. The molecular weight excluding hydrogens is 522 g/mol. The Kier molecular flexibility index (Phi) is 7.03. The lowest BCUT2D eigenvalue weighted by molar-refractivity contribution is 0.395. The van der Waals surface area contributed by atoms with Gasteiger partial charge in [-0.05, 0) is 130 Å². The molecule has 3 aromatic carbocycles. The predicted octanol–water partition coefficient (Wildman–Crippen LogP) is 10.0. The van der Waals surface area contributed by atoms with Crippen LogP contribution in [0.5, 0.6) is 0 Å². The topological polar surface area (TPSA) is 9.72 Å². The van der Waals surface area contributed by atoms with Gasteiger partial charge >= 0.3 is 0 Å². The molecule has 3 nitrogen and oxygen atoms in total. The van der Waals surface area contributed by atoms with Crippen LogP contribution in [0.2, 0.25) is 0 Å². The number of fused-ring (bicyclic) bond motifs is 3. The van der Waals surface area contributed by atoms with Crippen molar-refractivity contribution in [3.63, 3.8) is 0 Å². The zero-order chi connectivity index (χ0) is 31.2. The Balaban J connectivity index is 1.53. The summed E-state index contributed by atoms with van der Waals surface area (Å²) in [4.78, 5) is 7.49. The lowest BCUT2D eigenvalue weighted by Gasteiger charge is -2.46. The first-order valence-electron chi connectivity index (χ1n) is 16.6. The number of anilines is 3. The van der Waals surface area contributed by atoms with Crippen molar-refractivity contribution in [1.82, 2.24) is 0 Å². The van der Waals surface area contributed by atoms with Crippen molar-refractivity contribution in [1.29, 1.82) is 0 Å². The minimum atomic E-state index is 0.163. The molecule has 0 unspecified atom stereocenters. The van der Waals surface area contributed by atoms with E-state index < -0.39 is 0 Å². The van der Waals surface area contributed by atoms with E-state index in [0.717, 1.165) is 0 Å². The molecular formula is C40H55N3. The molecule has 3 aliphatic heterocycles. The lowest BCUT2D eigenvalue weighted by Crippen LogP contribution is -2.45. The van der Waals surface area contributed by atoms with Crippen LogP contribution in [-0.2, 0) is 0 Å². The van der Waals surface area contributed by atoms with Crippen molar-refractivity contribution in [3.05, 3.63) is 88.0 Å². The minimum Gasteiger partial charge on any atom is -0.369 e. The van der Waals surface area contributed by atoms with Gasteiger partial charge in [-0.25, -0.2) is 0 Å². The number of nitrogens with zero attached hydrogens (tertiary/aromatic N) is 3. The number of hydrogen-bond acceptors (Lipinski definition) is 3. The van der Waals surface area contributed by atoms with Crippen molar-refractivity contribution < 1.29 is 0 Å². The molecule has 0 aliphatic carbocycles. The van der Waals surface area contributed by atoms with Crippen LogP contribution in [0.3, 0.4) is 0 Å². The van der Waals surface area contributed by atoms with Crippen LogP contribution >= 0.6 is 0 Å². The lowest BCUT2D eigenvalue weighted by atomic mass is 9.75. The number of hydrogen-bond donors (Lipinski definition) is 0. The summed E-state index contributed by atoms with van der Waals surface area (Å²) in [5, 5.41) is 0. The minimum absolute atomic E-state index is 0.163. The third-order valence-corrected chi connectivity index (χ3v) is 12.0. The SMILES string of the molecule is C[C@H]1CC(C)(C)N(C)c2ccc(C(c3ccc4c(c3)[C@@H](C)CC(C)(C)N4C)c3ccc4c(c3)[C@@H](C)CC(C)(C)N4C)cc21. The van der Waals surface area contributed by atoms with Crippen LogP contribution in [0, 0.1) is 0 Å². The van der Waals surface area contributed by atoms with Crippen LogP contribution in [0.25, 0.3) is 0 Å². The summed E-state index contributed by atoms with van der Waals surface area (Å²) >= 11 is 0. The first-order chi connectivity index (χ1) is 20.0. The molecule has 0 bridgehead atoms. The molecule has 0 amide bonds. The van der Waals surface area contributed by atoms with Gasteiger partial charge < -0.3 is 14.7 Å². The van der Waals surface area contributed by atoms with Gasteiger partial charge in [0.1, 0.15) is 0 Å². The van der Waals surface area contributed by atoms with Crippen LogP contribution in [-0.4, -0.2) is 37.8 Å². The van der Waals surface area contributed by atoms with Gasteiger partial charge in [-0.15, -0.1) is 0 Å². The Morgan fingerprint density at radius 3 is 1.00 bits per heavy atom. The zero-order valence-electron chi connectivity index (χ0n) is 29.0. The van der Waals surface area contributed by atoms with E-state index in [4.69, 9.17) is 0 Å². The van der Waals surface area contributed by atoms with Gasteiger partial charge in [-0.3, -0.25) is 0 Å². The fourth-order valence-corrected chi connectivity index (χ4v) is 8.90. The molecule has 0 saturated carbocycles. The van der Waals surface area contributed by atoms with Crippen LogP contribution in [0.1, 0.15) is 139 Å². The molecule has 230 valence electrons. The summed E-state index contributed by atoms with van der Waals surface area (Å²) in [5.41, 5.74) is 13.3.